The van der Waals surface area contributed by atoms with Crippen molar-refractivity contribution in [2.24, 2.45) is 11.3 Å². The molecule has 0 radical (unpaired) electrons. The Morgan fingerprint density at radius 2 is 1.86 bits per heavy atom. The van der Waals surface area contributed by atoms with Gasteiger partial charge in [-0.15, -0.1) is 5.73 Å². The Bertz CT molecular complexity index is 234. The lowest BCUT2D eigenvalue weighted by atomic mass is 9.79. The molecule has 0 aliphatic heterocycles. The third-order valence-electron chi connectivity index (χ3n) is 3.11. The molecular formula is C13H22O. The highest BCUT2D eigenvalue weighted by Gasteiger charge is 2.31. The summed E-state index contributed by atoms with van der Waals surface area (Å²) < 4.78 is 0. The smallest absolute Gasteiger partial charge is 0.0874 e. The molecule has 0 bridgehead atoms. The first-order chi connectivity index (χ1) is 6.46. The zero-order valence-electron chi connectivity index (χ0n) is 9.64. The van der Waals surface area contributed by atoms with E-state index in [9.17, 15) is 5.11 Å². The molecule has 1 aliphatic rings. The molecule has 14 heavy (non-hydrogen) atoms. The normalized spacial score (nSPS) is 20.6. The maximum absolute atomic E-state index is 10.2. The molecule has 1 saturated carbocycles. The fraction of sp³-hybridized carbons (Fsp3) is 0.769. The van der Waals surface area contributed by atoms with Crippen LogP contribution in [-0.4, -0.2) is 11.2 Å². The van der Waals surface area contributed by atoms with Crippen LogP contribution in [-0.2, 0) is 0 Å². The average molecular weight is 194 g/mol. The van der Waals surface area contributed by atoms with Gasteiger partial charge in [-0.1, -0.05) is 40.2 Å². The molecule has 80 valence electrons. The number of hydrogen-bond donors (Lipinski definition) is 1. The van der Waals surface area contributed by atoms with Gasteiger partial charge >= 0.3 is 0 Å². The Kier molecular flexibility index (Phi) is 3.58. The van der Waals surface area contributed by atoms with Crippen LogP contribution in [0.4, 0.5) is 0 Å². The molecule has 1 rings (SSSR count). The maximum atomic E-state index is 10.2. The Labute approximate surface area is 87.5 Å². The van der Waals surface area contributed by atoms with E-state index in [1.165, 1.54) is 25.7 Å². The molecule has 0 aromatic rings. The quantitative estimate of drug-likeness (QED) is 0.669. The van der Waals surface area contributed by atoms with Gasteiger partial charge in [0.1, 0.15) is 0 Å². The van der Waals surface area contributed by atoms with Crippen LogP contribution >= 0.6 is 0 Å². The molecule has 1 N–H and O–H groups in total. The highest BCUT2D eigenvalue weighted by Crippen LogP contribution is 2.36. The zero-order chi connectivity index (χ0) is 10.8. The fourth-order valence-electron chi connectivity index (χ4n) is 2.17. The first kappa shape index (κ1) is 11.6. The first-order valence-corrected chi connectivity index (χ1v) is 5.54. The number of hydrogen-bond acceptors (Lipinski definition) is 1. The molecule has 1 atom stereocenters. The summed E-state index contributed by atoms with van der Waals surface area (Å²) in [6.45, 7) is 9.90. The Hall–Kier alpha value is -0.520. The Morgan fingerprint density at radius 1 is 1.36 bits per heavy atom. The summed E-state index contributed by atoms with van der Waals surface area (Å²) in [7, 11) is 0. The van der Waals surface area contributed by atoms with Gasteiger partial charge in [0.05, 0.1) is 6.10 Å². The summed E-state index contributed by atoms with van der Waals surface area (Å²) in [6.07, 6.45) is 4.58. The zero-order valence-corrected chi connectivity index (χ0v) is 9.64. The van der Waals surface area contributed by atoms with E-state index in [0.29, 0.717) is 5.92 Å². The van der Waals surface area contributed by atoms with Gasteiger partial charge in [0.15, 0.2) is 0 Å². The van der Waals surface area contributed by atoms with Crippen LogP contribution in [0.2, 0.25) is 0 Å². The SMILES string of the molecule is C=C=C(C1CCCC1)C(O)C(C)(C)C. The minimum Gasteiger partial charge on any atom is -0.388 e. The van der Waals surface area contributed by atoms with Crippen LogP contribution in [0.25, 0.3) is 0 Å². The van der Waals surface area contributed by atoms with Crippen LogP contribution in [0.3, 0.4) is 0 Å². The van der Waals surface area contributed by atoms with Gasteiger partial charge in [-0.25, -0.2) is 0 Å². The summed E-state index contributed by atoms with van der Waals surface area (Å²) in [6, 6.07) is 0. The summed E-state index contributed by atoms with van der Waals surface area (Å²) in [5.41, 5.74) is 3.91. The van der Waals surface area contributed by atoms with Crippen molar-refractivity contribution in [1.82, 2.24) is 0 Å². The van der Waals surface area contributed by atoms with Gasteiger partial charge in [-0.2, -0.15) is 0 Å². The van der Waals surface area contributed by atoms with Crippen molar-refractivity contribution in [3.8, 4) is 0 Å². The highest BCUT2D eigenvalue weighted by atomic mass is 16.3. The second kappa shape index (κ2) is 4.33. The molecule has 1 nitrogen and oxygen atoms in total. The molecular weight excluding hydrogens is 172 g/mol. The topological polar surface area (TPSA) is 20.2 Å². The molecule has 1 unspecified atom stereocenters. The minimum absolute atomic E-state index is 0.0946. The van der Waals surface area contributed by atoms with Crippen LogP contribution in [0.1, 0.15) is 46.5 Å². The van der Waals surface area contributed by atoms with Crippen molar-refractivity contribution in [1.29, 1.82) is 0 Å². The molecule has 1 fully saturated rings. The van der Waals surface area contributed by atoms with Crippen molar-refractivity contribution in [2.45, 2.75) is 52.6 Å². The summed E-state index contributed by atoms with van der Waals surface area (Å²) in [4.78, 5) is 0. The van der Waals surface area contributed by atoms with Crippen molar-refractivity contribution in [2.75, 3.05) is 0 Å². The molecule has 1 aliphatic carbocycles. The van der Waals surface area contributed by atoms with E-state index < -0.39 is 0 Å². The van der Waals surface area contributed by atoms with E-state index in [1.54, 1.807) is 0 Å². The van der Waals surface area contributed by atoms with Crippen molar-refractivity contribution in [3.05, 3.63) is 17.9 Å². The number of aliphatic hydroxyl groups excluding tert-OH is 1. The third kappa shape index (κ3) is 2.50. The van der Waals surface area contributed by atoms with Crippen molar-refractivity contribution < 1.29 is 5.11 Å². The number of aliphatic hydroxyl groups is 1. The summed E-state index contributed by atoms with van der Waals surface area (Å²) in [5, 5.41) is 10.2. The van der Waals surface area contributed by atoms with E-state index in [0.717, 1.165) is 5.57 Å². The number of rotatable bonds is 2. The second-order valence-electron chi connectivity index (χ2n) is 5.38. The largest absolute Gasteiger partial charge is 0.388 e. The van der Waals surface area contributed by atoms with Gasteiger partial charge < -0.3 is 5.11 Å². The minimum atomic E-state index is -0.386. The lowest BCUT2D eigenvalue weighted by Crippen LogP contribution is -2.30. The third-order valence-corrected chi connectivity index (χ3v) is 3.11. The van der Waals surface area contributed by atoms with Crippen LogP contribution in [0.5, 0.6) is 0 Å². The Balaban J connectivity index is 2.77. The first-order valence-electron chi connectivity index (χ1n) is 5.54. The lowest BCUT2D eigenvalue weighted by molar-refractivity contribution is 0.0857. The molecule has 0 saturated heterocycles. The van der Waals surface area contributed by atoms with E-state index in [1.807, 2.05) is 0 Å². The fourth-order valence-corrected chi connectivity index (χ4v) is 2.17. The molecule has 1 heteroatoms. The summed E-state index contributed by atoms with van der Waals surface area (Å²) >= 11 is 0. The summed E-state index contributed by atoms with van der Waals surface area (Å²) in [5.74, 6) is 0.529. The molecule has 0 heterocycles. The van der Waals surface area contributed by atoms with Crippen molar-refractivity contribution >= 4 is 0 Å². The van der Waals surface area contributed by atoms with E-state index >= 15 is 0 Å². The van der Waals surface area contributed by atoms with Gasteiger partial charge in [0.2, 0.25) is 0 Å². The predicted octanol–water partition coefficient (Wildman–Crippen LogP) is 3.29. The van der Waals surface area contributed by atoms with Crippen LogP contribution in [0, 0.1) is 11.3 Å². The van der Waals surface area contributed by atoms with Gasteiger partial charge in [-0.3, -0.25) is 0 Å². The van der Waals surface area contributed by atoms with Gasteiger partial charge in [0.25, 0.3) is 0 Å². The van der Waals surface area contributed by atoms with Crippen LogP contribution in [0.15, 0.2) is 17.9 Å². The maximum Gasteiger partial charge on any atom is 0.0874 e. The molecule has 0 spiro atoms. The average Bonchev–Trinajstić information content (AvgIpc) is 2.57. The Morgan fingerprint density at radius 3 is 2.21 bits per heavy atom. The van der Waals surface area contributed by atoms with Gasteiger partial charge in [-0.05, 0) is 24.2 Å². The van der Waals surface area contributed by atoms with Crippen molar-refractivity contribution in [3.63, 3.8) is 0 Å². The predicted molar refractivity (Wildman–Crippen MR) is 60.1 cm³/mol. The highest BCUT2D eigenvalue weighted by molar-refractivity contribution is 5.14. The lowest BCUT2D eigenvalue weighted by Gasteiger charge is -2.29. The molecule has 0 amide bonds. The molecule has 0 aromatic heterocycles. The van der Waals surface area contributed by atoms with Crippen LogP contribution < -0.4 is 0 Å². The van der Waals surface area contributed by atoms with E-state index in [4.69, 9.17) is 0 Å². The molecule has 0 aromatic carbocycles. The van der Waals surface area contributed by atoms with Gasteiger partial charge in [0, 0.05) is 5.57 Å². The van der Waals surface area contributed by atoms with E-state index in [-0.39, 0.29) is 11.5 Å². The second-order valence-corrected chi connectivity index (χ2v) is 5.38. The standard InChI is InChI=1S/C13H22O/c1-5-11(10-8-6-7-9-10)12(14)13(2,3)4/h10,12,14H,1,6-9H2,2-4H3. The van der Waals surface area contributed by atoms with E-state index in [2.05, 4.69) is 33.1 Å². The monoisotopic (exact) mass is 194 g/mol.